The van der Waals surface area contributed by atoms with Gasteiger partial charge in [-0.1, -0.05) is 146 Å². The van der Waals surface area contributed by atoms with Gasteiger partial charge in [0.25, 0.3) is 0 Å². The van der Waals surface area contributed by atoms with Crippen LogP contribution in [0.25, 0.3) is 44.2 Å². The molecular formula is C52H34N2O2. The molecule has 0 saturated heterocycles. The number of benzene rings is 9. The van der Waals surface area contributed by atoms with Gasteiger partial charge in [-0.25, -0.2) is 0 Å². The lowest BCUT2D eigenvalue weighted by Crippen LogP contribution is -2.16. The topological polar surface area (TPSA) is 24.9 Å². The van der Waals surface area contributed by atoms with Crippen molar-refractivity contribution in [2.24, 2.45) is 0 Å². The average molecular weight is 719 g/mol. The van der Waals surface area contributed by atoms with Crippen molar-refractivity contribution in [2.45, 2.75) is 0 Å². The summed E-state index contributed by atoms with van der Waals surface area (Å²) in [5.41, 5.74) is 12.7. The number of nitrogens with zero attached hydrogens (tertiary/aromatic N) is 2. The van der Waals surface area contributed by atoms with Crippen molar-refractivity contribution in [3.05, 3.63) is 206 Å². The molecule has 2 aliphatic heterocycles. The molecule has 2 aliphatic rings. The largest absolute Gasteiger partial charge is 0.447 e. The number of para-hydroxylation sites is 2. The zero-order chi connectivity index (χ0) is 37.0. The smallest absolute Gasteiger partial charge is 0.196 e. The van der Waals surface area contributed by atoms with E-state index in [2.05, 4.69) is 198 Å². The van der Waals surface area contributed by atoms with Crippen LogP contribution < -0.4 is 19.3 Å². The Hall–Kier alpha value is -7.56. The molecule has 0 unspecified atom stereocenters. The van der Waals surface area contributed by atoms with Gasteiger partial charge >= 0.3 is 0 Å². The second kappa shape index (κ2) is 13.1. The van der Waals surface area contributed by atoms with E-state index in [9.17, 15) is 0 Å². The van der Waals surface area contributed by atoms with E-state index >= 15 is 0 Å². The van der Waals surface area contributed by atoms with Gasteiger partial charge in [0.15, 0.2) is 23.0 Å². The van der Waals surface area contributed by atoms with Crippen LogP contribution >= 0.6 is 0 Å². The summed E-state index contributed by atoms with van der Waals surface area (Å²) < 4.78 is 14.4. The van der Waals surface area contributed by atoms with Gasteiger partial charge in [-0.15, -0.1) is 0 Å². The number of rotatable bonds is 6. The summed E-state index contributed by atoms with van der Waals surface area (Å²) in [6.07, 6.45) is 0. The van der Waals surface area contributed by atoms with Crippen LogP contribution in [0.4, 0.5) is 34.1 Å². The van der Waals surface area contributed by atoms with Crippen LogP contribution in [0.2, 0.25) is 0 Å². The lowest BCUT2D eigenvalue weighted by molar-refractivity contribution is 0.365. The number of anilines is 6. The molecule has 0 aliphatic carbocycles. The van der Waals surface area contributed by atoms with Crippen LogP contribution in [0.3, 0.4) is 0 Å². The van der Waals surface area contributed by atoms with Gasteiger partial charge < -0.3 is 19.3 Å². The molecule has 0 saturated carbocycles. The highest BCUT2D eigenvalue weighted by Crippen LogP contribution is 2.61. The van der Waals surface area contributed by atoms with E-state index in [1.807, 2.05) is 18.2 Å². The quantitative estimate of drug-likeness (QED) is 0.171. The minimum Gasteiger partial charge on any atom is -0.447 e. The van der Waals surface area contributed by atoms with Gasteiger partial charge in [-0.05, 0) is 93.9 Å². The molecule has 2 heterocycles. The van der Waals surface area contributed by atoms with Crippen molar-refractivity contribution in [3.8, 4) is 56.4 Å². The zero-order valence-electron chi connectivity index (χ0n) is 30.3. The summed E-state index contributed by atoms with van der Waals surface area (Å²) in [5, 5.41) is 2.12. The van der Waals surface area contributed by atoms with Crippen LogP contribution in [0, 0.1) is 0 Å². The van der Waals surface area contributed by atoms with Gasteiger partial charge in [-0.2, -0.15) is 0 Å². The molecule has 0 N–H and O–H groups in total. The summed E-state index contributed by atoms with van der Waals surface area (Å²) in [6.45, 7) is 0. The zero-order valence-corrected chi connectivity index (χ0v) is 30.3. The first-order chi connectivity index (χ1) is 27.8. The normalized spacial score (nSPS) is 12.2. The molecule has 0 aromatic heterocycles. The minimum absolute atomic E-state index is 0.645. The summed E-state index contributed by atoms with van der Waals surface area (Å²) in [6, 6.07) is 72.6. The highest BCUT2D eigenvalue weighted by Gasteiger charge is 2.34. The van der Waals surface area contributed by atoms with E-state index < -0.39 is 0 Å². The first-order valence-corrected chi connectivity index (χ1v) is 18.9. The fourth-order valence-electron chi connectivity index (χ4n) is 8.21. The summed E-state index contributed by atoms with van der Waals surface area (Å²) in [7, 11) is 0. The number of hydrogen-bond donors (Lipinski definition) is 0. The Morgan fingerprint density at radius 2 is 0.929 bits per heavy atom. The van der Waals surface area contributed by atoms with Crippen molar-refractivity contribution in [1.82, 2.24) is 0 Å². The molecule has 0 spiro atoms. The van der Waals surface area contributed by atoms with Crippen molar-refractivity contribution >= 4 is 44.9 Å². The van der Waals surface area contributed by atoms with Crippen LogP contribution in [0.5, 0.6) is 23.0 Å². The van der Waals surface area contributed by atoms with Crippen molar-refractivity contribution in [3.63, 3.8) is 0 Å². The average Bonchev–Trinajstić information content (AvgIpc) is 3.32. The Bertz CT molecular complexity index is 2810. The predicted octanol–water partition coefficient (Wildman–Crippen LogP) is 15.0. The lowest BCUT2D eigenvalue weighted by atomic mass is 9.95. The van der Waals surface area contributed by atoms with E-state index in [-0.39, 0.29) is 0 Å². The first-order valence-electron chi connectivity index (χ1n) is 18.9. The Morgan fingerprint density at radius 1 is 0.357 bits per heavy atom. The summed E-state index contributed by atoms with van der Waals surface area (Å²) in [5.74, 6) is 2.70. The number of fused-ring (bicyclic) bond motifs is 2. The van der Waals surface area contributed by atoms with Gasteiger partial charge in [0, 0.05) is 28.0 Å². The van der Waals surface area contributed by atoms with Gasteiger partial charge in [0.2, 0.25) is 0 Å². The molecule has 9 aromatic carbocycles. The fourth-order valence-corrected chi connectivity index (χ4v) is 8.21. The molecule has 56 heavy (non-hydrogen) atoms. The summed E-state index contributed by atoms with van der Waals surface area (Å²) >= 11 is 0. The minimum atomic E-state index is 0.645. The molecule has 4 heteroatoms. The van der Waals surface area contributed by atoms with Crippen molar-refractivity contribution < 1.29 is 9.47 Å². The maximum absolute atomic E-state index is 7.24. The Morgan fingerprint density at radius 3 is 1.59 bits per heavy atom. The van der Waals surface area contributed by atoms with E-state index in [0.717, 1.165) is 72.9 Å². The molecule has 9 aromatic rings. The first kappa shape index (κ1) is 31.9. The molecule has 11 rings (SSSR count). The van der Waals surface area contributed by atoms with Gasteiger partial charge in [-0.3, -0.25) is 0 Å². The monoisotopic (exact) mass is 718 g/mol. The van der Waals surface area contributed by atoms with Crippen LogP contribution in [0.1, 0.15) is 0 Å². The number of hydrogen-bond acceptors (Lipinski definition) is 4. The Labute approximate surface area is 325 Å². The molecule has 2 bridgehead atoms. The van der Waals surface area contributed by atoms with Crippen LogP contribution in [-0.2, 0) is 0 Å². The second-order valence-electron chi connectivity index (χ2n) is 14.1. The van der Waals surface area contributed by atoms with E-state index in [1.54, 1.807) is 0 Å². The molecular weight excluding hydrogens is 685 g/mol. The molecule has 4 nitrogen and oxygen atoms in total. The fraction of sp³-hybridized carbons (Fsp3) is 0. The third-order valence-electron chi connectivity index (χ3n) is 10.8. The Balaban J connectivity index is 1.16. The maximum atomic E-state index is 7.24. The highest BCUT2D eigenvalue weighted by molar-refractivity contribution is 6.08. The number of ether oxygens (including phenoxy) is 2. The lowest BCUT2D eigenvalue weighted by Gasteiger charge is -2.34. The third-order valence-corrected chi connectivity index (χ3v) is 10.8. The maximum Gasteiger partial charge on any atom is 0.196 e. The van der Waals surface area contributed by atoms with E-state index in [4.69, 9.17) is 9.47 Å². The second-order valence-corrected chi connectivity index (χ2v) is 14.1. The van der Waals surface area contributed by atoms with E-state index in [0.29, 0.717) is 17.2 Å². The molecule has 0 fully saturated rings. The standard InChI is InChI=1S/C52H34N2O2/c1-4-13-35(14-5-1)37-23-28-41(29-24-37)53(42-30-25-38(26-31-42)36-15-6-2-7-16-36)46-32-33-47-51-50(46)55-48-34-27-39-17-12-21-44(49(39)52(48)56-51)43-20-10-11-22-45(43)54(47)40-18-8-3-9-19-40/h1-34H. The van der Waals surface area contributed by atoms with E-state index in [1.165, 1.54) is 11.1 Å². The van der Waals surface area contributed by atoms with Crippen LogP contribution in [0.15, 0.2) is 206 Å². The van der Waals surface area contributed by atoms with Crippen molar-refractivity contribution in [2.75, 3.05) is 9.80 Å². The predicted molar refractivity (Wildman–Crippen MR) is 230 cm³/mol. The third kappa shape index (κ3) is 5.23. The summed E-state index contributed by atoms with van der Waals surface area (Å²) in [4.78, 5) is 4.57. The highest BCUT2D eigenvalue weighted by atomic mass is 16.6. The van der Waals surface area contributed by atoms with Gasteiger partial charge in [0.05, 0.1) is 17.1 Å². The van der Waals surface area contributed by atoms with Crippen molar-refractivity contribution in [1.29, 1.82) is 0 Å². The molecule has 0 atom stereocenters. The molecule has 0 amide bonds. The molecule has 0 radical (unpaired) electrons. The SMILES string of the molecule is c1ccc(-c2ccc(N(c3ccc(-c4ccccc4)cc3)c3ccc4c5c3Oc3ccc6cccc(c6c3O5)-c3ccccc3N4c3ccccc3)cc2)cc1. The van der Waals surface area contributed by atoms with Crippen LogP contribution in [-0.4, -0.2) is 0 Å². The Kier molecular flexibility index (Phi) is 7.46. The molecule has 264 valence electrons. The van der Waals surface area contributed by atoms with Gasteiger partial charge in [0.1, 0.15) is 0 Å².